The molecule has 3 aromatic rings. The van der Waals surface area contributed by atoms with E-state index in [0.717, 1.165) is 10.2 Å². The van der Waals surface area contributed by atoms with E-state index in [0.29, 0.717) is 11.3 Å². The van der Waals surface area contributed by atoms with Crippen LogP contribution in [-0.2, 0) is 7.05 Å². The van der Waals surface area contributed by atoms with E-state index >= 15 is 0 Å². The van der Waals surface area contributed by atoms with Gasteiger partial charge in [-0.3, -0.25) is 14.8 Å². The van der Waals surface area contributed by atoms with Crippen molar-refractivity contribution in [2.75, 3.05) is 5.32 Å². The van der Waals surface area contributed by atoms with E-state index in [-0.39, 0.29) is 17.8 Å². The van der Waals surface area contributed by atoms with Crippen molar-refractivity contribution >= 4 is 27.9 Å². The van der Waals surface area contributed by atoms with Gasteiger partial charge in [0, 0.05) is 22.8 Å². The number of anilines is 1. The SMILES string of the molecule is Cc1cc(-c2nnc(NC(=O)c3cccc(Br)c3)o2)nn1C. The molecule has 1 N–H and O–H groups in total. The number of carbonyl (C=O) groups excluding carboxylic acids is 1. The topological polar surface area (TPSA) is 85.8 Å². The van der Waals surface area contributed by atoms with E-state index in [9.17, 15) is 4.79 Å². The molecule has 1 amide bonds. The van der Waals surface area contributed by atoms with Gasteiger partial charge in [0.15, 0.2) is 0 Å². The van der Waals surface area contributed by atoms with Crippen molar-refractivity contribution in [1.29, 1.82) is 0 Å². The molecule has 0 aliphatic heterocycles. The largest absolute Gasteiger partial charge is 0.401 e. The molecule has 8 heteroatoms. The van der Waals surface area contributed by atoms with E-state index in [4.69, 9.17) is 4.42 Å². The molecule has 0 aliphatic rings. The van der Waals surface area contributed by atoms with Crippen LogP contribution in [0.25, 0.3) is 11.6 Å². The Kier molecular flexibility index (Phi) is 3.76. The molecule has 2 aromatic heterocycles. The summed E-state index contributed by atoms with van der Waals surface area (Å²) in [5.41, 5.74) is 2.02. The molecule has 7 nitrogen and oxygen atoms in total. The molecule has 0 fully saturated rings. The molecule has 0 saturated heterocycles. The number of nitrogens with one attached hydrogen (secondary N) is 1. The van der Waals surface area contributed by atoms with Crippen LogP contribution in [0.15, 0.2) is 39.2 Å². The monoisotopic (exact) mass is 361 g/mol. The quantitative estimate of drug-likeness (QED) is 0.774. The maximum atomic E-state index is 12.1. The van der Waals surface area contributed by atoms with Crippen LogP contribution in [0, 0.1) is 6.92 Å². The number of aryl methyl sites for hydroxylation is 2. The Morgan fingerprint density at radius 1 is 1.32 bits per heavy atom. The summed E-state index contributed by atoms with van der Waals surface area (Å²) in [7, 11) is 1.82. The maximum absolute atomic E-state index is 12.1. The van der Waals surface area contributed by atoms with Gasteiger partial charge in [-0.05, 0) is 31.2 Å². The van der Waals surface area contributed by atoms with Gasteiger partial charge >= 0.3 is 6.01 Å². The predicted octanol–water partition coefficient (Wildman–Crippen LogP) is 2.79. The molecule has 3 rings (SSSR count). The number of hydrogen-bond donors (Lipinski definition) is 1. The lowest BCUT2D eigenvalue weighted by Crippen LogP contribution is -2.11. The minimum absolute atomic E-state index is 0.0308. The molecule has 112 valence electrons. The van der Waals surface area contributed by atoms with Gasteiger partial charge in [-0.2, -0.15) is 5.10 Å². The van der Waals surface area contributed by atoms with Crippen LogP contribution in [-0.4, -0.2) is 25.9 Å². The number of amides is 1. The number of aromatic nitrogens is 4. The van der Waals surface area contributed by atoms with E-state index in [1.54, 1.807) is 22.9 Å². The third kappa shape index (κ3) is 2.91. The fraction of sp³-hybridized carbons (Fsp3) is 0.143. The summed E-state index contributed by atoms with van der Waals surface area (Å²) in [6.07, 6.45) is 0. The van der Waals surface area contributed by atoms with Crippen LogP contribution in [0.3, 0.4) is 0 Å². The highest BCUT2D eigenvalue weighted by Gasteiger charge is 2.15. The zero-order valence-corrected chi connectivity index (χ0v) is 13.5. The Bertz CT molecular complexity index is 820. The summed E-state index contributed by atoms with van der Waals surface area (Å²) in [5.74, 6) is -0.0676. The van der Waals surface area contributed by atoms with Gasteiger partial charge in [-0.25, -0.2) is 0 Å². The van der Waals surface area contributed by atoms with Gasteiger partial charge in [0.05, 0.1) is 0 Å². The predicted molar refractivity (Wildman–Crippen MR) is 83.3 cm³/mol. The average Bonchev–Trinajstić information content (AvgIpc) is 3.06. The lowest BCUT2D eigenvalue weighted by Gasteiger charge is -2.00. The van der Waals surface area contributed by atoms with Gasteiger partial charge in [-0.1, -0.05) is 27.1 Å². The number of carbonyl (C=O) groups is 1. The third-order valence-electron chi connectivity index (χ3n) is 3.07. The molecular formula is C14H12BrN5O2. The van der Waals surface area contributed by atoms with Crippen LogP contribution in [0.4, 0.5) is 6.01 Å². The van der Waals surface area contributed by atoms with E-state index in [1.807, 2.05) is 26.1 Å². The summed E-state index contributed by atoms with van der Waals surface area (Å²) in [4.78, 5) is 12.1. The van der Waals surface area contributed by atoms with Crippen LogP contribution in [0.5, 0.6) is 0 Å². The molecule has 1 aromatic carbocycles. The van der Waals surface area contributed by atoms with E-state index in [2.05, 4.69) is 36.5 Å². The standard InChI is InChI=1S/C14H12BrN5O2/c1-8-6-11(19-20(8)2)13-17-18-14(22-13)16-12(21)9-4-3-5-10(15)7-9/h3-7H,1-2H3,(H,16,18,21). The molecule has 2 heterocycles. The summed E-state index contributed by atoms with van der Waals surface area (Å²) in [5, 5.41) is 14.5. The number of hydrogen-bond acceptors (Lipinski definition) is 5. The summed E-state index contributed by atoms with van der Waals surface area (Å²) >= 11 is 3.32. The molecule has 0 aliphatic carbocycles. The zero-order valence-electron chi connectivity index (χ0n) is 11.9. The number of rotatable bonds is 3. The number of benzene rings is 1. The molecule has 0 saturated carbocycles. The second kappa shape index (κ2) is 5.72. The van der Waals surface area contributed by atoms with Gasteiger partial charge in [0.2, 0.25) is 0 Å². The first-order valence-corrected chi connectivity index (χ1v) is 7.23. The second-order valence-corrected chi connectivity index (χ2v) is 5.59. The van der Waals surface area contributed by atoms with Gasteiger partial charge in [-0.15, -0.1) is 5.10 Å². The minimum atomic E-state index is -0.325. The Morgan fingerprint density at radius 3 is 2.82 bits per heavy atom. The number of nitrogens with zero attached hydrogens (tertiary/aromatic N) is 4. The van der Waals surface area contributed by atoms with E-state index in [1.165, 1.54) is 0 Å². The highest BCUT2D eigenvalue weighted by atomic mass is 79.9. The summed E-state index contributed by atoms with van der Waals surface area (Å²) in [6.45, 7) is 1.92. The summed E-state index contributed by atoms with van der Waals surface area (Å²) < 4.78 is 7.94. The van der Waals surface area contributed by atoms with Crippen molar-refractivity contribution < 1.29 is 9.21 Å². The Morgan fingerprint density at radius 2 is 2.14 bits per heavy atom. The number of halogens is 1. The lowest BCUT2D eigenvalue weighted by molar-refractivity contribution is 0.102. The average molecular weight is 362 g/mol. The van der Waals surface area contributed by atoms with Gasteiger partial charge in [0.1, 0.15) is 5.69 Å². The second-order valence-electron chi connectivity index (χ2n) is 4.67. The smallest absolute Gasteiger partial charge is 0.322 e. The Labute approximate surface area is 134 Å². The molecule has 0 radical (unpaired) electrons. The lowest BCUT2D eigenvalue weighted by atomic mass is 10.2. The molecule has 0 unspecified atom stereocenters. The molecule has 0 atom stereocenters. The highest BCUT2D eigenvalue weighted by molar-refractivity contribution is 9.10. The normalized spacial score (nSPS) is 10.7. The molecular weight excluding hydrogens is 350 g/mol. The van der Waals surface area contributed by atoms with Crippen molar-refractivity contribution in [2.24, 2.45) is 7.05 Å². The van der Waals surface area contributed by atoms with E-state index < -0.39 is 0 Å². The van der Waals surface area contributed by atoms with Crippen molar-refractivity contribution in [2.45, 2.75) is 6.92 Å². The van der Waals surface area contributed by atoms with Gasteiger partial charge < -0.3 is 4.42 Å². The van der Waals surface area contributed by atoms with Crippen molar-refractivity contribution in [3.05, 3.63) is 46.1 Å². The summed E-state index contributed by atoms with van der Waals surface area (Å²) in [6, 6.07) is 8.87. The fourth-order valence-electron chi connectivity index (χ4n) is 1.84. The van der Waals surface area contributed by atoms with Crippen LogP contribution >= 0.6 is 15.9 Å². The first kappa shape index (κ1) is 14.5. The minimum Gasteiger partial charge on any atom is -0.401 e. The van der Waals surface area contributed by atoms with Crippen molar-refractivity contribution in [3.63, 3.8) is 0 Å². The van der Waals surface area contributed by atoms with Crippen LogP contribution in [0.1, 0.15) is 16.1 Å². The van der Waals surface area contributed by atoms with Crippen LogP contribution < -0.4 is 5.32 Å². The fourth-order valence-corrected chi connectivity index (χ4v) is 2.24. The molecule has 22 heavy (non-hydrogen) atoms. The van der Waals surface area contributed by atoms with Crippen LogP contribution in [0.2, 0.25) is 0 Å². The Hall–Kier alpha value is -2.48. The van der Waals surface area contributed by atoms with Crippen molar-refractivity contribution in [1.82, 2.24) is 20.0 Å². The molecule has 0 spiro atoms. The zero-order chi connectivity index (χ0) is 15.7. The van der Waals surface area contributed by atoms with Crippen molar-refractivity contribution in [3.8, 4) is 11.6 Å². The first-order chi connectivity index (χ1) is 10.5. The maximum Gasteiger partial charge on any atom is 0.322 e. The third-order valence-corrected chi connectivity index (χ3v) is 3.56. The molecule has 0 bridgehead atoms. The Balaban J connectivity index is 1.78. The first-order valence-electron chi connectivity index (χ1n) is 6.44. The van der Waals surface area contributed by atoms with Gasteiger partial charge in [0.25, 0.3) is 11.8 Å². The highest BCUT2D eigenvalue weighted by Crippen LogP contribution is 2.20.